The van der Waals surface area contributed by atoms with E-state index in [4.69, 9.17) is 9.47 Å². The zero-order valence-corrected chi connectivity index (χ0v) is 11.8. The van der Waals surface area contributed by atoms with Gasteiger partial charge in [0.2, 0.25) is 0 Å². The van der Waals surface area contributed by atoms with E-state index in [1.165, 1.54) is 0 Å². The Morgan fingerprint density at radius 3 is 2.67 bits per heavy atom. The Morgan fingerprint density at radius 1 is 1.33 bits per heavy atom. The molecule has 0 spiro atoms. The molecule has 98 valence electrons. The molecule has 4 heteroatoms. The normalized spacial score (nSPS) is 22.8. The van der Waals surface area contributed by atoms with Crippen LogP contribution in [-0.2, 0) is 0 Å². The number of para-hydroxylation sites is 1. The van der Waals surface area contributed by atoms with Crippen molar-refractivity contribution in [2.75, 3.05) is 20.0 Å². The van der Waals surface area contributed by atoms with Crippen LogP contribution < -0.4 is 9.47 Å². The minimum Gasteiger partial charge on any atom is -0.493 e. The van der Waals surface area contributed by atoms with Gasteiger partial charge in [-0.15, -0.1) is 11.8 Å². The Balaban J connectivity index is 2.41. The molecule has 0 radical (unpaired) electrons. The maximum absolute atomic E-state index is 12.7. The maximum atomic E-state index is 12.7. The van der Waals surface area contributed by atoms with Gasteiger partial charge in [0.25, 0.3) is 0 Å². The number of hydrogen-bond acceptors (Lipinski definition) is 4. The van der Waals surface area contributed by atoms with Crippen molar-refractivity contribution in [2.45, 2.75) is 24.5 Å². The number of hydrogen-bond donors (Lipinski definition) is 0. The van der Waals surface area contributed by atoms with E-state index in [-0.39, 0.29) is 10.5 Å². The van der Waals surface area contributed by atoms with E-state index in [2.05, 4.69) is 0 Å². The largest absolute Gasteiger partial charge is 0.493 e. The van der Waals surface area contributed by atoms with Gasteiger partial charge in [-0.1, -0.05) is 6.07 Å². The van der Waals surface area contributed by atoms with Gasteiger partial charge in [0.1, 0.15) is 0 Å². The molecule has 1 aromatic rings. The van der Waals surface area contributed by atoms with Gasteiger partial charge < -0.3 is 9.47 Å². The molecule has 1 aliphatic heterocycles. The lowest BCUT2D eigenvalue weighted by Crippen LogP contribution is -2.29. The van der Waals surface area contributed by atoms with E-state index in [1.807, 2.05) is 19.1 Å². The van der Waals surface area contributed by atoms with Crippen molar-refractivity contribution in [1.29, 1.82) is 0 Å². The van der Waals surface area contributed by atoms with Gasteiger partial charge in [0.15, 0.2) is 17.3 Å². The van der Waals surface area contributed by atoms with Crippen LogP contribution in [-0.4, -0.2) is 30.5 Å². The minimum atomic E-state index is -0.320. The molecule has 2 rings (SSSR count). The number of rotatable bonds is 4. The molecule has 0 aromatic heterocycles. The molecule has 3 nitrogen and oxygen atoms in total. The standard InChI is InChI=1S/C14H18O3S/c1-14(8-5-9-18-14)13(15)10-6-4-7-11(16-2)12(10)17-3/h4,6-7H,5,8-9H2,1-3H3. The van der Waals surface area contributed by atoms with Gasteiger partial charge in [-0.2, -0.15) is 0 Å². The molecule has 18 heavy (non-hydrogen) atoms. The van der Waals surface area contributed by atoms with Crippen molar-refractivity contribution < 1.29 is 14.3 Å². The lowest BCUT2D eigenvalue weighted by atomic mass is 9.94. The van der Waals surface area contributed by atoms with E-state index in [0.717, 1.165) is 18.6 Å². The van der Waals surface area contributed by atoms with Crippen LogP contribution in [0.1, 0.15) is 30.1 Å². The Labute approximate surface area is 112 Å². The molecule has 1 atom stereocenters. The fourth-order valence-electron chi connectivity index (χ4n) is 2.31. The number of carbonyl (C=O) groups excluding carboxylic acids is 1. The number of ketones is 1. The molecule has 0 saturated carbocycles. The highest BCUT2D eigenvalue weighted by atomic mass is 32.2. The summed E-state index contributed by atoms with van der Waals surface area (Å²) in [7, 11) is 3.15. The number of benzene rings is 1. The SMILES string of the molecule is COc1cccc(C(=O)C2(C)CCCS2)c1OC. The van der Waals surface area contributed by atoms with E-state index in [0.29, 0.717) is 17.1 Å². The number of carbonyl (C=O) groups is 1. The van der Waals surface area contributed by atoms with Crippen molar-refractivity contribution in [3.05, 3.63) is 23.8 Å². The first kappa shape index (κ1) is 13.3. The Morgan fingerprint density at radius 2 is 2.11 bits per heavy atom. The topological polar surface area (TPSA) is 35.5 Å². The van der Waals surface area contributed by atoms with E-state index in [1.54, 1.807) is 32.0 Å². The average molecular weight is 266 g/mol. The summed E-state index contributed by atoms with van der Waals surface area (Å²) in [5.41, 5.74) is 0.619. The summed E-state index contributed by atoms with van der Waals surface area (Å²) in [4.78, 5) is 12.7. The summed E-state index contributed by atoms with van der Waals surface area (Å²) < 4.78 is 10.3. The smallest absolute Gasteiger partial charge is 0.182 e. The molecule has 1 unspecified atom stereocenters. The van der Waals surface area contributed by atoms with Gasteiger partial charge in [-0.05, 0) is 37.7 Å². The monoisotopic (exact) mass is 266 g/mol. The summed E-state index contributed by atoms with van der Waals surface area (Å²) in [6.07, 6.45) is 2.02. The molecule has 1 saturated heterocycles. The summed E-state index contributed by atoms with van der Waals surface area (Å²) in [6.45, 7) is 2.02. The molecule has 0 amide bonds. The van der Waals surface area contributed by atoms with Crippen LogP contribution in [0.2, 0.25) is 0 Å². The quantitative estimate of drug-likeness (QED) is 0.784. The van der Waals surface area contributed by atoms with Crippen molar-refractivity contribution in [2.24, 2.45) is 0 Å². The first-order chi connectivity index (χ1) is 8.62. The van der Waals surface area contributed by atoms with Crippen molar-refractivity contribution in [1.82, 2.24) is 0 Å². The van der Waals surface area contributed by atoms with E-state index in [9.17, 15) is 4.79 Å². The van der Waals surface area contributed by atoms with Crippen molar-refractivity contribution in [3.63, 3.8) is 0 Å². The van der Waals surface area contributed by atoms with Gasteiger partial charge in [0, 0.05) is 0 Å². The number of Topliss-reactive ketones (excluding diaryl/α,β-unsaturated/α-hetero) is 1. The lowest BCUT2D eigenvalue weighted by Gasteiger charge is -2.22. The molecular formula is C14H18O3S. The van der Waals surface area contributed by atoms with Crippen LogP contribution in [0, 0.1) is 0 Å². The summed E-state index contributed by atoms with van der Waals surface area (Å²) in [5.74, 6) is 2.34. The van der Waals surface area contributed by atoms with Crippen molar-refractivity contribution in [3.8, 4) is 11.5 Å². The fourth-order valence-corrected chi connectivity index (χ4v) is 3.58. The number of methoxy groups -OCH3 is 2. The first-order valence-electron chi connectivity index (χ1n) is 6.02. The van der Waals surface area contributed by atoms with E-state index >= 15 is 0 Å². The Kier molecular flexibility index (Phi) is 3.85. The Bertz CT molecular complexity index is 450. The van der Waals surface area contributed by atoms with Crippen molar-refractivity contribution >= 4 is 17.5 Å². The molecule has 1 aromatic carbocycles. The van der Waals surface area contributed by atoms with Gasteiger partial charge >= 0.3 is 0 Å². The second-order valence-electron chi connectivity index (χ2n) is 4.55. The second kappa shape index (κ2) is 5.22. The maximum Gasteiger partial charge on any atom is 0.182 e. The minimum absolute atomic E-state index is 0.140. The number of ether oxygens (including phenoxy) is 2. The molecule has 0 bridgehead atoms. The number of thioether (sulfide) groups is 1. The highest BCUT2D eigenvalue weighted by Gasteiger charge is 2.39. The van der Waals surface area contributed by atoms with Crippen LogP contribution >= 0.6 is 11.8 Å². The molecule has 1 heterocycles. The molecule has 0 N–H and O–H groups in total. The predicted octanol–water partition coefficient (Wildman–Crippen LogP) is 3.17. The van der Waals surface area contributed by atoms with Crippen LogP contribution in [0.4, 0.5) is 0 Å². The summed E-state index contributed by atoms with van der Waals surface area (Å²) >= 11 is 1.73. The van der Waals surface area contributed by atoms with Crippen LogP contribution in [0.3, 0.4) is 0 Å². The summed E-state index contributed by atoms with van der Waals surface area (Å²) in [6, 6.07) is 5.45. The molecule has 0 aliphatic carbocycles. The Hall–Kier alpha value is -1.16. The average Bonchev–Trinajstić information content (AvgIpc) is 2.85. The molecule has 1 aliphatic rings. The molecular weight excluding hydrogens is 248 g/mol. The highest BCUT2D eigenvalue weighted by molar-refractivity contribution is 8.01. The predicted molar refractivity (Wildman–Crippen MR) is 74.0 cm³/mol. The van der Waals surface area contributed by atoms with Crippen LogP contribution in [0.25, 0.3) is 0 Å². The third kappa shape index (κ3) is 2.21. The zero-order valence-electron chi connectivity index (χ0n) is 11.0. The van der Waals surface area contributed by atoms with Gasteiger partial charge in [0.05, 0.1) is 24.5 Å². The molecule has 1 fully saturated rings. The second-order valence-corrected chi connectivity index (χ2v) is 6.15. The third-order valence-electron chi connectivity index (χ3n) is 3.35. The van der Waals surface area contributed by atoms with Gasteiger partial charge in [-0.3, -0.25) is 4.79 Å². The first-order valence-corrected chi connectivity index (χ1v) is 7.00. The third-order valence-corrected chi connectivity index (χ3v) is 4.87. The summed E-state index contributed by atoms with van der Waals surface area (Å²) in [5, 5.41) is 0. The zero-order chi connectivity index (χ0) is 13.2. The van der Waals surface area contributed by atoms with Crippen LogP contribution in [0.15, 0.2) is 18.2 Å². The van der Waals surface area contributed by atoms with E-state index < -0.39 is 0 Å². The highest BCUT2D eigenvalue weighted by Crippen LogP contribution is 2.43. The van der Waals surface area contributed by atoms with Crippen LogP contribution in [0.5, 0.6) is 11.5 Å². The van der Waals surface area contributed by atoms with Gasteiger partial charge in [-0.25, -0.2) is 0 Å². The lowest BCUT2D eigenvalue weighted by molar-refractivity contribution is 0.0945. The fraction of sp³-hybridized carbons (Fsp3) is 0.500.